The summed E-state index contributed by atoms with van der Waals surface area (Å²) < 4.78 is 5.77. The van der Waals surface area contributed by atoms with Crippen LogP contribution in [-0.4, -0.2) is 11.4 Å². The minimum Gasteiger partial charge on any atom is -0.486 e. The summed E-state index contributed by atoms with van der Waals surface area (Å²) in [5.41, 5.74) is 1.88. The monoisotopic (exact) mass is 238 g/mol. The Morgan fingerprint density at radius 3 is 2.81 bits per heavy atom. The molecule has 86 valence electrons. The van der Waals surface area contributed by atoms with Gasteiger partial charge in [-0.2, -0.15) is 0 Å². The zero-order chi connectivity index (χ0) is 11.9. The molecule has 1 aliphatic heterocycles. The van der Waals surface area contributed by atoms with Crippen molar-refractivity contribution in [1.82, 2.24) is 0 Å². The fraction of sp³-hybridized carbons (Fsp3) is 0.462. The van der Waals surface area contributed by atoms with Crippen molar-refractivity contribution < 1.29 is 9.53 Å². The van der Waals surface area contributed by atoms with Gasteiger partial charge in [0.1, 0.15) is 17.1 Å². The van der Waals surface area contributed by atoms with Crippen molar-refractivity contribution in [2.75, 3.05) is 0 Å². The summed E-state index contributed by atoms with van der Waals surface area (Å²) in [6.45, 7) is 5.66. The van der Waals surface area contributed by atoms with E-state index in [4.69, 9.17) is 16.3 Å². The molecular weight excluding hydrogens is 224 g/mol. The van der Waals surface area contributed by atoms with Crippen LogP contribution in [0.1, 0.15) is 31.9 Å². The van der Waals surface area contributed by atoms with Gasteiger partial charge in [0.25, 0.3) is 0 Å². The van der Waals surface area contributed by atoms with Gasteiger partial charge in [0.15, 0.2) is 0 Å². The van der Waals surface area contributed by atoms with Crippen molar-refractivity contribution >= 4 is 17.4 Å². The number of rotatable bonds is 2. The highest BCUT2D eigenvalue weighted by Crippen LogP contribution is 2.40. The topological polar surface area (TPSA) is 26.3 Å². The number of Topliss-reactive ketones (excluding diaryl/α,β-unsaturated/α-hetero) is 1. The van der Waals surface area contributed by atoms with Crippen LogP contribution in [0.25, 0.3) is 0 Å². The van der Waals surface area contributed by atoms with Crippen LogP contribution in [0.2, 0.25) is 5.02 Å². The summed E-state index contributed by atoms with van der Waals surface area (Å²) >= 11 is 6.15. The Morgan fingerprint density at radius 2 is 2.19 bits per heavy atom. The summed E-state index contributed by atoms with van der Waals surface area (Å²) in [6, 6.07) is 3.85. The standard InChI is InChI=1S/C13H15ClO2/c1-8(15)4-9-5-10-7-13(2,3)16-12(10)11(14)6-9/h5-6H,4,7H2,1-3H3. The Hall–Kier alpha value is -1.02. The fourth-order valence-corrected chi connectivity index (χ4v) is 2.42. The summed E-state index contributed by atoms with van der Waals surface area (Å²) in [5, 5.41) is 0.610. The maximum Gasteiger partial charge on any atom is 0.142 e. The minimum absolute atomic E-state index is 0.147. The Kier molecular flexibility index (Phi) is 2.70. The van der Waals surface area contributed by atoms with Crippen LogP contribution < -0.4 is 4.74 Å². The van der Waals surface area contributed by atoms with Gasteiger partial charge in [0.05, 0.1) is 5.02 Å². The van der Waals surface area contributed by atoms with Crippen molar-refractivity contribution in [2.24, 2.45) is 0 Å². The van der Waals surface area contributed by atoms with Gasteiger partial charge in [0, 0.05) is 12.8 Å². The highest BCUT2D eigenvalue weighted by atomic mass is 35.5. The molecule has 0 saturated carbocycles. The first-order chi connectivity index (χ1) is 7.37. The van der Waals surface area contributed by atoms with E-state index in [1.54, 1.807) is 6.92 Å². The van der Waals surface area contributed by atoms with Crippen molar-refractivity contribution in [3.8, 4) is 5.75 Å². The fourth-order valence-electron chi connectivity index (χ4n) is 2.12. The molecule has 1 heterocycles. The second-order valence-corrected chi connectivity index (χ2v) is 5.39. The average Bonchev–Trinajstić information content (AvgIpc) is 2.38. The van der Waals surface area contributed by atoms with E-state index in [-0.39, 0.29) is 11.4 Å². The molecule has 2 rings (SSSR count). The summed E-state index contributed by atoms with van der Waals surface area (Å²) in [5.74, 6) is 0.924. The van der Waals surface area contributed by atoms with E-state index in [0.717, 1.165) is 23.3 Å². The highest BCUT2D eigenvalue weighted by Gasteiger charge is 2.31. The molecule has 0 N–H and O–H groups in total. The molecule has 0 saturated heterocycles. The van der Waals surface area contributed by atoms with E-state index in [2.05, 4.69) is 0 Å². The van der Waals surface area contributed by atoms with Gasteiger partial charge in [-0.25, -0.2) is 0 Å². The van der Waals surface area contributed by atoms with Gasteiger partial charge < -0.3 is 4.74 Å². The van der Waals surface area contributed by atoms with Crippen LogP contribution >= 0.6 is 11.6 Å². The number of benzene rings is 1. The number of carbonyl (C=O) groups is 1. The first-order valence-corrected chi connectivity index (χ1v) is 5.75. The van der Waals surface area contributed by atoms with Gasteiger partial charge in [-0.05, 0) is 38.0 Å². The normalized spacial score (nSPS) is 16.8. The van der Waals surface area contributed by atoms with Crippen molar-refractivity contribution in [3.63, 3.8) is 0 Å². The van der Waals surface area contributed by atoms with Crippen LogP contribution in [0.4, 0.5) is 0 Å². The van der Waals surface area contributed by atoms with Gasteiger partial charge in [-0.15, -0.1) is 0 Å². The Morgan fingerprint density at radius 1 is 1.50 bits per heavy atom. The molecule has 0 aliphatic carbocycles. The summed E-state index contributed by atoms with van der Waals surface area (Å²) in [4.78, 5) is 11.1. The van der Waals surface area contributed by atoms with Gasteiger partial charge >= 0.3 is 0 Å². The molecule has 0 atom stereocenters. The summed E-state index contributed by atoms with van der Waals surface area (Å²) in [6.07, 6.45) is 1.28. The van der Waals surface area contributed by atoms with E-state index < -0.39 is 0 Å². The van der Waals surface area contributed by atoms with Gasteiger partial charge in [0.2, 0.25) is 0 Å². The van der Waals surface area contributed by atoms with Crippen LogP contribution in [-0.2, 0) is 17.6 Å². The molecule has 0 aromatic heterocycles. The predicted octanol–water partition coefficient (Wildman–Crippen LogP) is 3.19. The molecule has 0 unspecified atom stereocenters. The molecule has 3 heteroatoms. The number of ether oxygens (including phenoxy) is 1. The molecular formula is C13H15ClO2. The largest absolute Gasteiger partial charge is 0.486 e. The lowest BCUT2D eigenvalue weighted by molar-refractivity contribution is -0.116. The van der Waals surface area contributed by atoms with E-state index in [1.165, 1.54) is 0 Å². The van der Waals surface area contributed by atoms with Crippen molar-refractivity contribution in [2.45, 2.75) is 39.2 Å². The Bertz CT molecular complexity index is 449. The number of hydrogen-bond acceptors (Lipinski definition) is 2. The Balaban J connectivity index is 2.38. The van der Waals surface area contributed by atoms with Gasteiger partial charge in [-0.1, -0.05) is 17.7 Å². The third-order valence-electron chi connectivity index (χ3n) is 2.63. The van der Waals surface area contributed by atoms with E-state index in [9.17, 15) is 4.79 Å². The second-order valence-electron chi connectivity index (χ2n) is 4.98. The van der Waals surface area contributed by atoms with Crippen LogP contribution in [0.15, 0.2) is 12.1 Å². The zero-order valence-corrected chi connectivity index (χ0v) is 10.5. The number of ketones is 1. The molecule has 1 aromatic rings. The zero-order valence-electron chi connectivity index (χ0n) is 9.76. The SMILES string of the molecule is CC(=O)Cc1cc(Cl)c2c(c1)CC(C)(C)O2. The molecule has 0 fully saturated rings. The van der Waals surface area contributed by atoms with Crippen molar-refractivity contribution in [1.29, 1.82) is 0 Å². The third-order valence-corrected chi connectivity index (χ3v) is 2.91. The summed E-state index contributed by atoms with van der Waals surface area (Å²) in [7, 11) is 0. The molecule has 0 bridgehead atoms. The molecule has 1 aliphatic rings. The van der Waals surface area contributed by atoms with Crippen molar-refractivity contribution in [3.05, 3.63) is 28.3 Å². The van der Waals surface area contributed by atoms with E-state index in [0.29, 0.717) is 11.4 Å². The number of carbonyl (C=O) groups excluding carboxylic acids is 1. The molecule has 16 heavy (non-hydrogen) atoms. The molecule has 2 nitrogen and oxygen atoms in total. The second kappa shape index (κ2) is 3.77. The predicted molar refractivity (Wildman–Crippen MR) is 64.2 cm³/mol. The maximum absolute atomic E-state index is 11.1. The lowest BCUT2D eigenvalue weighted by Crippen LogP contribution is -2.24. The average molecular weight is 239 g/mol. The Labute approximate surface area is 101 Å². The maximum atomic E-state index is 11.1. The van der Waals surface area contributed by atoms with Gasteiger partial charge in [-0.3, -0.25) is 4.79 Å². The first kappa shape index (κ1) is 11.5. The number of hydrogen-bond donors (Lipinski definition) is 0. The van der Waals surface area contributed by atoms with E-state index >= 15 is 0 Å². The molecule has 0 radical (unpaired) electrons. The molecule has 1 aromatic carbocycles. The molecule has 0 amide bonds. The number of halogens is 1. The van der Waals surface area contributed by atoms with Crippen LogP contribution in [0, 0.1) is 0 Å². The first-order valence-electron chi connectivity index (χ1n) is 5.37. The quantitative estimate of drug-likeness (QED) is 0.791. The van der Waals surface area contributed by atoms with Crippen LogP contribution in [0.5, 0.6) is 5.75 Å². The third kappa shape index (κ3) is 2.22. The number of fused-ring (bicyclic) bond motifs is 1. The molecule has 0 spiro atoms. The van der Waals surface area contributed by atoms with E-state index in [1.807, 2.05) is 26.0 Å². The lowest BCUT2D eigenvalue weighted by Gasteiger charge is -2.17. The minimum atomic E-state index is -0.194. The smallest absolute Gasteiger partial charge is 0.142 e. The van der Waals surface area contributed by atoms with Crippen LogP contribution in [0.3, 0.4) is 0 Å². The lowest BCUT2D eigenvalue weighted by atomic mass is 9.99. The highest BCUT2D eigenvalue weighted by molar-refractivity contribution is 6.32.